The number of carbonyl (C=O) groups excluding carboxylic acids is 1. The van der Waals surface area contributed by atoms with Crippen molar-refractivity contribution in [2.24, 2.45) is 5.16 Å². The SMILES string of the molecule is CC(=O)O[C@H]1CON=C1c1ccc(Cl)cc1. The molecule has 0 unspecified atom stereocenters. The van der Waals surface area contributed by atoms with Gasteiger partial charge < -0.3 is 9.57 Å². The van der Waals surface area contributed by atoms with Crippen molar-refractivity contribution >= 4 is 23.3 Å². The molecule has 0 amide bonds. The molecule has 0 radical (unpaired) electrons. The van der Waals surface area contributed by atoms with Gasteiger partial charge in [-0.1, -0.05) is 28.9 Å². The van der Waals surface area contributed by atoms with Crippen molar-refractivity contribution in [1.82, 2.24) is 0 Å². The van der Waals surface area contributed by atoms with E-state index in [2.05, 4.69) is 5.16 Å². The maximum Gasteiger partial charge on any atom is 0.303 e. The van der Waals surface area contributed by atoms with Gasteiger partial charge in [0, 0.05) is 17.5 Å². The zero-order valence-corrected chi connectivity index (χ0v) is 9.40. The average molecular weight is 240 g/mol. The highest BCUT2D eigenvalue weighted by Crippen LogP contribution is 2.17. The van der Waals surface area contributed by atoms with Crippen LogP contribution in [0.4, 0.5) is 0 Å². The van der Waals surface area contributed by atoms with E-state index in [1.807, 2.05) is 12.1 Å². The van der Waals surface area contributed by atoms with Crippen LogP contribution in [0.25, 0.3) is 0 Å². The minimum absolute atomic E-state index is 0.261. The number of ether oxygens (including phenoxy) is 1. The molecule has 16 heavy (non-hydrogen) atoms. The topological polar surface area (TPSA) is 47.9 Å². The van der Waals surface area contributed by atoms with Gasteiger partial charge >= 0.3 is 5.97 Å². The van der Waals surface area contributed by atoms with Crippen LogP contribution < -0.4 is 0 Å². The lowest BCUT2D eigenvalue weighted by Gasteiger charge is -2.10. The standard InChI is InChI=1S/C11H10ClNO3/c1-7(14)16-10-6-15-13-11(10)8-2-4-9(12)5-3-8/h2-5,10H,6H2,1H3/t10-/m0/s1. The average Bonchev–Trinajstić information content (AvgIpc) is 2.66. The van der Waals surface area contributed by atoms with Gasteiger partial charge in [-0.15, -0.1) is 0 Å². The molecule has 84 valence electrons. The van der Waals surface area contributed by atoms with E-state index in [-0.39, 0.29) is 12.6 Å². The fraction of sp³-hybridized carbons (Fsp3) is 0.273. The molecule has 1 aromatic rings. The van der Waals surface area contributed by atoms with Crippen molar-refractivity contribution in [2.45, 2.75) is 13.0 Å². The molecule has 1 atom stereocenters. The summed E-state index contributed by atoms with van der Waals surface area (Å²) in [5.74, 6) is -0.350. The predicted molar refractivity (Wildman–Crippen MR) is 59.5 cm³/mol. The monoisotopic (exact) mass is 239 g/mol. The van der Waals surface area contributed by atoms with E-state index in [0.717, 1.165) is 5.56 Å². The Morgan fingerprint density at radius 3 is 2.81 bits per heavy atom. The van der Waals surface area contributed by atoms with Crippen molar-refractivity contribution < 1.29 is 14.4 Å². The number of benzene rings is 1. The smallest absolute Gasteiger partial charge is 0.303 e. The van der Waals surface area contributed by atoms with E-state index in [0.29, 0.717) is 10.7 Å². The molecule has 4 nitrogen and oxygen atoms in total. The van der Waals surface area contributed by atoms with Gasteiger partial charge in [-0.2, -0.15) is 0 Å². The molecular formula is C11H10ClNO3. The molecule has 0 N–H and O–H groups in total. The van der Waals surface area contributed by atoms with Crippen LogP contribution in [0.5, 0.6) is 0 Å². The molecule has 0 fully saturated rings. The highest BCUT2D eigenvalue weighted by molar-refractivity contribution is 6.30. The van der Waals surface area contributed by atoms with Gasteiger partial charge in [-0.25, -0.2) is 0 Å². The quantitative estimate of drug-likeness (QED) is 0.742. The summed E-state index contributed by atoms with van der Waals surface area (Å²) in [5.41, 5.74) is 1.46. The first-order valence-electron chi connectivity index (χ1n) is 4.80. The Labute approximate surface area is 97.8 Å². The number of esters is 1. The van der Waals surface area contributed by atoms with Gasteiger partial charge in [0.25, 0.3) is 0 Å². The van der Waals surface area contributed by atoms with Crippen molar-refractivity contribution in [2.75, 3.05) is 6.61 Å². The molecule has 2 rings (SSSR count). The minimum Gasteiger partial charge on any atom is -0.452 e. The Morgan fingerprint density at radius 2 is 2.19 bits per heavy atom. The van der Waals surface area contributed by atoms with Gasteiger partial charge in [0.05, 0.1) is 0 Å². The summed E-state index contributed by atoms with van der Waals surface area (Å²) in [6.07, 6.45) is -0.432. The van der Waals surface area contributed by atoms with Crippen LogP contribution in [0.15, 0.2) is 29.4 Å². The molecule has 1 aliphatic rings. The third-order valence-corrected chi connectivity index (χ3v) is 2.39. The van der Waals surface area contributed by atoms with E-state index in [1.54, 1.807) is 12.1 Å². The number of hydrogen-bond acceptors (Lipinski definition) is 4. The first-order valence-corrected chi connectivity index (χ1v) is 5.17. The van der Waals surface area contributed by atoms with Gasteiger partial charge in [0.1, 0.15) is 5.71 Å². The summed E-state index contributed by atoms with van der Waals surface area (Å²) in [5, 5.41) is 4.51. The third-order valence-electron chi connectivity index (χ3n) is 2.14. The highest BCUT2D eigenvalue weighted by Gasteiger charge is 2.27. The number of oxime groups is 1. The molecule has 0 aromatic heterocycles. The molecule has 5 heteroatoms. The van der Waals surface area contributed by atoms with E-state index in [4.69, 9.17) is 21.2 Å². The number of rotatable bonds is 2. The Morgan fingerprint density at radius 1 is 1.50 bits per heavy atom. The largest absolute Gasteiger partial charge is 0.452 e. The van der Waals surface area contributed by atoms with Gasteiger partial charge in [0.2, 0.25) is 0 Å². The molecule has 0 bridgehead atoms. The van der Waals surface area contributed by atoms with Gasteiger partial charge in [-0.3, -0.25) is 4.79 Å². The molecule has 1 aromatic carbocycles. The van der Waals surface area contributed by atoms with Crippen LogP contribution in [0, 0.1) is 0 Å². The van der Waals surface area contributed by atoms with Crippen molar-refractivity contribution in [3.63, 3.8) is 0 Å². The summed E-state index contributed by atoms with van der Waals surface area (Å²) in [6.45, 7) is 1.62. The lowest BCUT2D eigenvalue weighted by Crippen LogP contribution is -2.26. The molecule has 0 saturated heterocycles. The zero-order chi connectivity index (χ0) is 11.5. The van der Waals surface area contributed by atoms with Crippen LogP contribution in [-0.4, -0.2) is 24.4 Å². The fourth-order valence-corrected chi connectivity index (χ4v) is 1.59. The molecular weight excluding hydrogens is 230 g/mol. The highest BCUT2D eigenvalue weighted by atomic mass is 35.5. The van der Waals surface area contributed by atoms with Crippen LogP contribution in [0.2, 0.25) is 5.02 Å². The first kappa shape index (κ1) is 11.0. The summed E-state index contributed by atoms with van der Waals surface area (Å²) < 4.78 is 5.08. The maximum absolute atomic E-state index is 10.9. The number of carbonyl (C=O) groups is 1. The Balaban J connectivity index is 2.19. The Bertz CT molecular complexity index is 427. The van der Waals surface area contributed by atoms with Gasteiger partial charge in [0.15, 0.2) is 12.7 Å². The second kappa shape index (κ2) is 4.53. The summed E-state index contributed by atoms with van der Waals surface area (Å²) in [7, 11) is 0. The molecule has 0 aliphatic carbocycles. The maximum atomic E-state index is 10.9. The number of nitrogens with zero attached hydrogens (tertiary/aromatic N) is 1. The summed E-state index contributed by atoms with van der Waals surface area (Å²) in [6, 6.07) is 7.13. The third kappa shape index (κ3) is 2.33. The molecule has 0 saturated carbocycles. The molecule has 1 heterocycles. The minimum atomic E-state index is -0.432. The lowest BCUT2D eigenvalue weighted by molar-refractivity contribution is -0.144. The molecule has 1 aliphatic heterocycles. The van der Waals surface area contributed by atoms with Crippen molar-refractivity contribution in [3.05, 3.63) is 34.9 Å². The lowest BCUT2D eigenvalue weighted by atomic mass is 10.1. The van der Waals surface area contributed by atoms with E-state index in [9.17, 15) is 4.79 Å². The molecule has 0 spiro atoms. The first-order chi connectivity index (χ1) is 7.66. The summed E-state index contributed by atoms with van der Waals surface area (Å²) >= 11 is 5.78. The fourth-order valence-electron chi connectivity index (χ4n) is 1.46. The predicted octanol–water partition coefficient (Wildman–Crippen LogP) is 2.01. The van der Waals surface area contributed by atoms with Crippen LogP contribution in [0.1, 0.15) is 12.5 Å². The van der Waals surface area contributed by atoms with E-state index < -0.39 is 6.10 Å². The van der Waals surface area contributed by atoms with Crippen LogP contribution >= 0.6 is 11.6 Å². The van der Waals surface area contributed by atoms with Crippen molar-refractivity contribution in [1.29, 1.82) is 0 Å². The number of halogens is 1. The summed E-state index contributed by atoms with van der Waals surface area (Å²) in [4.78, 5) is 15.8. The van der Waals surface area contributed by atoms with E-state index in [1.165, 1.54) is 6.92 Å². The van der Waals surface area contributed by atoms with Crippen LogP contribution in [0.3, 0.4) is 0 Å². The Kier molecular flexibility index (Phi) is 3.10. The Hall–Kier alpha value is -1.55. The second-order valence-corrected chi connectivity index (χ2v) is 3.81. The van der Waals surface area contributed by atoms with E-state index >= 15 is 0 Å². The normalized spacial score (nSPS) is 18.9. The van der Waals surface area contributed by atoms with Crippen LogP contribution in [-0.2, 0) is 14.4 Å². The van der Waals surface area contributed by atoms with Gasteiger partial charge in [-0.05, 0) is 12.1 Å². The zero-order valence-electron chi connectivity index (χ0n) is 8.64. The number of hydrogen-bond donors (Lipinski definition) is 0. The second-order valence-electron chi connectivity index (χ2n) is 3.38. The van der Waals surface area contributed by atoms with Crippen molar-refractivity contribution in [3.8, 4) is 0 Å².